The molecule has 1 aliphatic rings. The Morgan fingerprint density at radius 2 is 1.69 bits per heavy atom. The summed E-state index contributed by atoms with van der Waals surface area (Å²) >= 11 is 0. The van der Waals surface area contributed by atoms with Crippen LogP contribution < -0.4 is 11.1 Å². The van der Waals surface area contributed by atoms with Crippen molar-refractivity contribution >= 4 is 18.0 Å². The van der Waals surface area contributed by atoms with Crippen molar-refractivity contribution in [3.63, 3.8) is 0 Å². The minimum Gasteiger partial charge on any atom is -0.458 e. The molecule has 1 rings (SSSR count). The summed E-state index contributed by atoms with van der Waals surface area (Å²) in [6, 6.07) is -1.62. The lowest BCUT2D eigenvalue weighted by Gasteiger charge is -2.35. The van der Waals surface area contributed by atoms with Gasteiger partial charge in [-0.1, -0.05) is 13.3 Å². The SMILES string of the molecule is CCCC(CNC(=O)COC)C[C@@H]1[C@H](N)C[C@H](C(=O)OC(C)(C)C)N1C(=O)OC(C)(C)C. The van der Waals surface area contributed by atoms with Crippen LogP contribution in [0.4, 0.5) is 4.79 Å². The number of ether oxygens (including phenoxy) is 3. The van der Waals surface area contributed by atoms with E-state index in [0.29, 0.717) is 19.4 Å². The first-order valence-corrected chi connectivity index (χ1v) is 11.4. The topological polar surface area (TPSA) is 120 Å². The predicted octanol–water partition coefficient (Wildman–Crippen LogP) is 2.60. The second-order valence-corrected chi connectivity index (χ2v) is 10.5. The van der Waals surface area contributed by atoms with E-state index in [1.807, 2.05) is 0 Å². The fraction of sp³-hybridized carbons (Fsp3) is 0.870. The molecule has 1 unspecified atom stereocenters. The maximum atomic E-state index is 13.1. The monoisotopic (exact) mass is 457 g/mol. The lowest BCUT2D eigenvalue weighted by molar-refractivity contribution is -0.160. The lowest BCUT2D eigenvalue weighted by Crippen LogP contribution is -2.51. The summed E-state index contributed by atoms with van der Waals surface area (Å²) < 4.78 is 16.1. The van der Waals surface area contributed by atoms with Crippen molar-refractivity contribution in [2.24, 2.45) is 11.7 Å². The quantitative estimate of drug-likeness (QED) is 0.511. The zero-order valence-corrected chi connectivity index (χ0v) is 21.0. The van der Waals surface area contributed by atoms with Crippen LogP contribution in [0.15, 0.2) is 0 Å². The van der Waals surface area contributed by atoms with Crippen molar-refractivity contribution < 1.29 is 28.6 Å². The molecule has 1 saturated heterocycles. The van der Waals surface area contributed by atoms with Crippen LogP contribution >= 0.6 is 0 Å². The van der Waals surface area contributed by atoms with Gasteiger partial charge in [-0.2, -0.15) is 0 Å². The maximum absolute atomic E-state index is 13.1. The number of hydrogen-bond acceptors (Lipinski definition) is 7. The largest absolute Gasteiger partial charge is 0.458 e. The molecule has 4 atom stereocenters. The molecule has 2 amide bonds. The van der Waals surface area contributed by atoms with Crippen LogP contribution in [0, 0.1) is 5.92 Å². The Morgan fingerprint density at radius 1 is 1.09 bits per heavy atom. The molecule has 9 nitrogen and oxygen atoms in total. The number of rotatable bonds is 9. The predicted molar refractivity (Wildman–Crippen MR) is 122 cm³/mol. The minimum atomic E-state index is -0.811. The third-order valence-corrected chi connectivity index (χ3v) is 5.10. The van der Waals surface area contributed by atoms with Crippen molar-refractivity contribution in [3.8, 4) is 0 Å². The van der Waals surface area contributed by atoms with E-state index in [1.54, 1.807) is 41.5 Å². The van der Waals surface area contributed by atoms with Gasteiger partial charge < -0.3 is 25.3 Å². The third-order valence-electron chi connectivity index (χ3n) is 5.10. The standard InChI is InChI=1S/C23H43N3O6/c1-9-10-15(13-25-19(27)14-30-8)11-17-16(24)12-18(20(28)31-22(2,3)4)26(17)21(29)32-23(5,6)7/h15-18H,9-14,24H2,1-8H3,(H,25,27)/t15?,16-,17-,18-/m1/s1. The van der Waals surface area contributed by atoms with Crippen LogP contribution in [0.5, 0.6) is 0 Å². The Labute approximate surface area is 192 Å². The summed E-state index contributed by atoms with van der Waals surface area (Å²) in [5, 5.41) is 2.87. The highest BCUT2D eigenvalue weighted by atomic mass is 16.6. The van der Waals surface area contributed by atoms with Crippen LogP contribution in [0.1, 0.15) is 74.1 Å². The molecule has 9 heteroatoms. The maximum Gasteiger partial charge on any atom is 0.411 e. The van der Waals surface area contributed by atoms with Crippen LogP contribution in [-0.4, -0.2) is 72.5 Å². The van der Waals surface area contributed by atoms with Gasteiger partial charge in [0.15, 0.2) is 0 Å². The van der Waals surface area contributed by atoms with Gasteiger partial charge in [-0.25, -0.2) is 9.59 Å². The third kappa shape index (κ3) is 9.32. The highest BCUT2D eigenvalue weighted by Crippen LogP contribution is 2.32. The van der Waals surface area contributed by atoms with Crippen molar-refractivity contribution in [1.82, 2.24) is 10.2 Å². The van der Waals surface area contributed by atoms with Crippen LogP contribution in [0.3, 0.4) is 0 Å². The van der Waals surface area contributed by atoms with Crippen molar-refractivity contribution in [3.05, 3.63) is 0 Å². The van der Waals surface area contributed by atoms with E-state index in [4.69, 9.17) is 19.9 Å². The lowest BCUT2D eigenvalue weighted by atomic mass is 9.92. The Morgan fingerprint density at radius 3 is 2.19 bits per heavy atom. The second kappa shape index (κ2) is 11.8. The minimum absolute atomic E-state index is 0.00740. The summed E-state index contributed by atoms with van der Waals surface area (Å²) in [5.74, 6) is -0.596. The first kappa shape index (κ1) is 28.2. The number of nitrogens with two attached hydrogens (primary N) is 1. The molecular weight excluding hydrogens is 414 g/mol. The van der Waals surface area contributed by atoms with E-state index >= 15 is 0 Å². The van der Waals surface area contributed by atoms with Gasteiger partial charge in [0.1, 0.15) is 23.9 Å². The van der Waals surface area contributed by atoms with Gasteiger partial charge in [0.05, 0.1) is 6.04 Å². The van der Waals surface area contributed by atoms with Gasteiger partial charge in [0.2, 0.25) is 5.91 Å². The Kier molecular flexibility index (Phi) is 10.4. The number of esters is 1. The number of carbonyl (C=O) groups excluding carboxylic acids is 3. The molecule has 3 N–H and O–H groups in total. The first-order valence-electron chi connectivity index (χ1n) is 11.4. The Balaban J connectivity index is 3.10. The fourth-order valence-corrected chi connectivity index (χ4v) is 3.90. The summed E-state index contributed by atoms with van der Waals surface area (Å²) in [5.41, 5.74) is 5.04. The van der Waals surface area contributed by atoms with Crippen LogP contribution in [-0.2, 0) is 23.8 Å². The molecule has 186 valence electrons. The Bertz CT molecular complexity index is 641. The molecule has 0 spiro atoms. The smallest absolute Gasteiger partial charge is 0.411 e. The normalized spacial score (nSPS) is 22.4. The van der Waals surface area contributed by atoms with E-state index in [0.717, 1.165) is 12.8 Å². The molecule has 0 aromatic heterocycles. The molecular formula is C23H43N3O6. The van der Waals surface area contributed by atoms with E-state index in [2.05, 4.69) is 12.2 Å². The fourth-order valence-electron chi connectivity index (χ4n) is 3.90. The summed E-state index contributed by atoms with van der Waals surface area (Å²) in [6.07, 6.45) is 2.02. The molecule has 1 aliphatic heterocycles. The summed E-state index contributed by atoms with van der Waals surface area (Å²) in [7, 11) is 1.47. The van der Waals surface area contributed by atoms with Gasteiger partial charge in [-0.3, -0.25) is 9.69 Å². The van der Waals surface area contributed by atoms with E-state index in [9.17, 15) is 14.4 Å². The molecule has 32 heavy (non-hydrogen) atoms. The number of likely N-dealkylation sites (tertiary alicyclic amines) is 1. The molecule has 0 radical (unpaired) electrons. The number of nitrogens with zero attached hydrogens (tertiary/aromatic N) is 1. The van der Waals surface area contributed by atoms with Crippen molar-refractivity contribution in [2.75, 3.05) is 20.3 Å². The van der Waals surface area contributed by atoms with E-state index in [1.165, 1.54) is 12.0 Å². The van der Waals surface area contributed by atoms with E-state index < -0.39 is 41.4 Å². The summed E-state index contributed by atoms with van der Waals surface area (Å²) in [4.78, 5) is 39.4. The second-order valence-electron chi connectivity index (χ2n) is 10.5. The van der Waals surface area contributed by atoms with Gasteiger partial charge in [0.25, 0.3) is 0 Å². The Hall–Kier alpha value is -1.87. The summed E-state index contributed by atoms with van der Waals surface area (Å²) in [6.45, 7) is 13.2. The average Bonchev–Trinajstić information content (AvgIpc) is 2.94. The van der Waals surface area contributed by atoms with Crippen molar-refractivity contribution in [1.29, 1.82) is 0 Å². The van der Waals surface area contributed by atoms with Crippen molar-refractivity contribution in [2.45, 2.75) is 103 Å². The highest BCUT2D eigenvalue weighted by Gasteiger charge is 2.49. The number of methoxy groups -OCH3 is 1. The zero-order chi connectivity index (χ0) is 24.7. The molecule has 1 heterocycles. The van der Waals surface area contributed by atoms with Gasteiger partial charge in [0, 0.05) is 19.7 Å². The molecule has 0 aromatic carbocycles. The average molecular weight is 458 g/mol. The molecule has 0 aliphatic carbocycles. The van der Waals surface area contributed by atoms with Gasteiger partial charge >= 0.3 is 12.1 Å². The molecule has 0 bridgehead atoms. The molecule has 0 saturated carbocycles. The number of hydrogen-bond donors (Lipinski definition) is 2. The number of carbonyl (C=O) groups is 3. The first-order chi connectivity index (χ1) is 14.7. The van der Waals surface area contributed by atoms with E-state index in [-0.39, 0.29) is 18.4 Å². The van der Waals surface area contributed by atoms with Gasteiger partial charge in [-0.05, 0) is 66.7 Å². The molecule has 1 fully saturated rings. The number of amides is 2. The number of nitrogens with one attached hydrogen (secondary N) is 1. The molecule has 0 aromatic rings. The van der Waals surface area contributed by atoms with Crippen LogP contribution in [0.2, 0.25) is 0 Å². The van der Waals surface area contributed by atoms with Gasteiger partial charge in [-0.15, -0.1) is 0 Å². The zero-order valence-electron chi connectivity index (χ0n) is 21.0. The van der Waals surface area contributed by atoms with Crippen LogP contribution in [0.25, 0.3) is 0 Å². The highest BCUT2D eigenvalue weighted by molar-refractivity contribution is 5.83.